The van der Waals surface area contributed by atoms with Crippen molar-refractivity contribution in [3.63, 3.8) is 0 Å². The van der Waals surface area contributed by atoms with E-state index in [1.165, 1.54) is 0 Å². The molecule has 0 atom stereocenters. The fourth-order valence-electron chi connectivity index (χ4n) is 3.25. The molecule has 1 aliphatic heterocycles. The zero-order valence-corrected chi connectivity index (χ0v) is 17.3. The summed E-state index contributed by atoms with van der Waals surface area (Å²) in [5.41, 5.74) is 0.460. The smallest absolute Gasteiger partial charge is 0.410 e. The molecule has 8 heteroatoms. The molecule has 0 aromatic carbocycles. The van der Waals surface area contributed by atoms with E-state index in [2.05, 4.69) is 15.3 Å². The SMILES string of the molecule is CC(C)(C)OC(=O)N1CCC(CC(=O)NCc2ccc(-n3ccnc3)nc2)CC1. The molecule has 0 spiro atoms. The lowest BCUT2D eigenvalue weighted by molar-refractivity contribution is -0.122. The predicted molar refractivity (Wildman–Crippen MR) is 108 cm³/mol. The van der Waals surface area contributed by atoms with Crippen molar-refractivity contribution < 1.29 is 14.3 Å². The number of pyridine rings is 1. The third kappa shape index (κ3) is 6.30. The number of nitrogens with zero attached hydrogens (tertiary/aromatic N) is 4. The van der Waals surface area contributed by atoms with Gasteiger partial charge in [0.15, 0.2) is 0 Å². The molecule has 3 heterocycles. The van der Waals surface area contributed by atoms with Crippen molar-refractivity contribution in [2.24, 2.45) is 5.92 Å². The molecule has 3 rings (SSSR count). The van der Waals surface area contributed by atoms with E-state index in [-0.39, 0.29) is 17.9 Å². The second kappa shape index (κ2) is 9.07. The second-order valence-corrected chi connectivity index (χ2v) is 8.39. The Kier molecular flexibility index (Phi) is 6.51. The summed E-state index contributed by atoms with van der Waals surface area (Å²) in [7, 11) is 0. The standard InChI is InChI=1S/C21H29N5O3/c1-21(2,3)29-20(28)25-9-6-16(7-10-25)12-19(27)24-14-17-4-5-18(23-13-17)26-11-8-22-15-26/h4-5,8,11,13,15-16H,6-7,9-10,12,14H2,1-3H3,(H,24,27). The number of hydrogen-bond acceptors (Lipinski definition) is 5. The number of nitrogens with one attached hydrogen (secondary N) is 1. The summed E-state index contributed by atoms with van der Waals surface area (Å²) in [6, 6.07) is 3.84. The molecule has 29 heavy (non-hydrogen) atoms. The summed E-state index contributed by atoms with van der Waals surface area (Å²) in [6.45, 7) is 7.31. The molecular weight excluding hydrogens is 370 g/mol. The zero-order chi connectivity index (χ0) is 20.9. The van der Waals surface area contributed by atoms with Crippen LogP contribution in [-0.4, -0.2) is 50.1 Å². The highest BCUT2D eigenvalue weighted by Gasteiger charge is 2.27. The number of aromatic nitrogens is 3. The van der Waals surface area contributed by atoms with Gasteiger partial charge in [-0.1, -0.05) is 6.07 Å². The van der Waals surface area contributed by atoms with Crippen LogP contribution in [0.4, 0.5) is 4.79 Å². The summed E-state index contributed by atoms with van der Waals surface area (Å²) >= 11 is 0. The van der Waals surface area contributed by atoms with Crippen LogP contribution < -0.4 is 5.32 Å². The van der Waals surface area contributed by atoms with Crippen molar-refractivity contribution in [2.75, 3.05) is 13.1 Å². The number of ether oxygens (including phenoxy) is 1. The number of piperidine rings is 1. The van der Waals surface area contributed by atoms with Gasteiger partial charge >= 0.3 is 6.09 Å². The van der Waals surface area contributed by atoms with Crippen LogP contribution in [0.1, 0.15) is 45.6 Å². The molecule has 1 fully saturated rings. The molecule has 0 unspecified atom stereocenters. The highest BCUT2D eigenvalue weighted by atomic mass is 16.6. The van der Waals surface area contributed by atoms with E-state index in [9.17, 15) is 9.59 Å². The summed E-state index contributed by atoms with van der Waals surface area (Å²) in [6.07, 6.45) is 8.81. The van der Waals surface area contributed by atoms with Gasteiger partial charge in [-0.15, -0.1) is 0 Å². The van der Waals surface area contributed by atoms with E-state index in [1.54, 1.807) is 23.6 Å². The van der Waals surface area contributed by atoms with E-state index in [0.29, 0.717) is 26.1 Å². The van der Waals surface area contributed by atoms with Crippen LogP contribution in [0.5, 0.6) is 0 Å². The van der Waals surface area contributed by atoms with E-state index in [0.717, 1.165) is 24.2 Å². The summed E-state index contributed by atoms with van der Waals surface area (Å²) in [5.74, 6) is 1.10. The monoisotopic (exact) mass is 399 g/mol. The number of amides is 2. The number of carbonyl (C=O) groups is 2. The van der Waals surface area contributed by atoms with Crippen LogP contribution in [0, 0.1) is 5.92 Å². The molecule has 156 valence electrons. The Bertz CT molecular complexity index is 804. The maximum atomic E-state index is 12.3. The summed E-state index contributed by atoms with van der Waals surface area (Å²) in [5, 5.41) is 2.96. The van der Waals surface area contributed by atoms with Gasteiger partial charge in [-0.05, 0) is 51.2 Å². The van der Waals surface area contributed by atoms with Crippen LogP contribution >= 0.6 is 0 Å². The second-order valence-electron chi connectivity index (χ2n) is 8.39. The number of imidazole rings is 1. The molecule has 2 aromatic rings. The number of carbonyl (C=O) groups excluding carboxylic acids is 2. The Morgan fingerprint density at radius 3 is 2.59 bits per heavy atom. The molecule has 1 aliphatic rings. The first-order chi connectivity index (χ1) is 13.8. The molecule has 0 bridgehead atoms. The van der Waals surface area contributed by atoms with Crippen molar-refractivity contribution >= 4 is 12.0 Å². The van der Waals surface area contributed by atoms with Crippen LogP contribution in [0.15, 0.2) is 37.1 Å². The van der Waals surface area contributed by atoms with Crippen LogP contribution in [0.3, 0.4) is 0 Å². The Morgan fingerprint density at radius 2 is 2.00 bits per heavy atom. The van der Waals surface area contributed by atoms with Crippen LogP contribution in [-0.2, 0) is 16.1 Å². The molecule has 1 N–H and O–H groups in total. The zero-order valence-electron chi connectivity index (χ0n) is 17.3. The maximum absolute atomic E-state index is 12.3. The maximum Gasteiger partial charge on any atom is 0.410 e. The molecular formula is C21H29N5O3. The van der Waals surface area contributed by atoms with Gasteiger partial charge in [0.2, 0.25) is 5.91 Å². The minimum atomic E-state index is -0.486. The van der Waals surface area contributed by atoms with Gasteiger partial charge in [0.25, 0.3) is 0 Å². The molecule has 0 radical (unpaired) electrons. The van der Waals surface area contributed by atoms with Crippen LogP contribution in [0.25, 0.3) is 5.82 Å². The lowest BCUT2D eigenvalue weighted by Gasteiger charge is -2.33. The predicted octanol–water partition coefficient (Wildman–Crippen LogP) is 2.92. The van der Waals surface area contributed by atoms with E-state index in [1.807, 2.05) is 43.7 Å². The van der Waals surface area contributed by atoms with Crippen molar-refractivity contribution in [3.8, 4) is 5.82 Å². The fraction of sp³-hybridized carbons (Fsp3) is 0.524. The Hall–Kier alpha value is -2.90. The average Bonchev–Trinajstić information content (AvgIpc) is 3.21. The van der Waals surface area contributed by atoms with Gasteiger partial charge in [0.1, 0.15) is 17.7 Å². The largest absolute Gasteiger partial charge is 0.444 e. The minimum absolute atomic E-state index is 0.0272. The number of likely N-dealkylation sites (tertiary alicyclic amines) is 1. The van der Waals surface area contributed by atoms with Crippen LogP contribution in [0.2, 0.25) is 0 Å². The molecule has 1 saturated heterocycles. The van der Waals surface area contributed by atoms with E-state index < -0.39 is 5.60 Å². The van der Waals surface area contributed by atoms with E-state index in [4.69, 9.17) is 4.74 Å². The summed E-state index contributed by atoms with van der Waals surface area (Å²) in [4.78, 5) is 34.5. The third-order valence-corrected chi connectivity index (χ3v) is 4.81. The quantitative estimate of drug-likeness (QED) is 0.835. The normalized spacial score (nSPS) is 15.2. The van der Waals surface area contributed by atoms with E-state index >= 15 is 0 Å². The number of hydrogen-bond donors (Lipinski definition) is 1. The molecule has 0 saturated carbocycles. The molecule has 2 amide bonds. The lowest BCUT2D eigenvalue weighted by atomic mass is 9.93. The van der Waals surface area contributed by atoms with Gasteiger partial charge in [-0.3, -0.25) is 9.36 Å². The molecule has 2 aromatic heterocycles. The highest BCUT2D eigenvalue weighted by molar-refractivity contribution is 5.76. The van der Waals surface area contributed by atoms with Gasteiger partial charge in [-0.25, -0.2) is 14.8 Å². The van der Waals surface area contributed by atoms with Gasteiger partial charge in [0, 0.05) is 44.6 Å². The van der Waals surface area contributed by atoms with Gasteiger partial charge in [0.05, 0.1) is 0 Å². The highest BCUT2D eigenvalue weighted by Crippen LogP contribution is 2.22. The molecule has 0 aliphatic carbocycles. The topological polar surface area (TPSA) is 89.4 Å². The van der Waals surface area contributed by atoms with Crippen molar-refractivity contribution in [1.29, 1.82) is 0 Å². The number of rotatable bonds is 5. The summed E-state index contributed by atoms with van der Waals surface area (Å²) < 4.78 is 7.24. The van der Waals surface area contributed by atoms with Gasteiger partial charge < -0.3 is 15.0 Å². The molecule has 8 nitrogen and oxygen atoms in total. The van der Waals surface area contributed by atoms with Crippen molar-refractivity contribution in [3.05, 3.63) is 42.6 Å². The lowest BCUT2D eigenvalue weighted by Crippen LogP contribution is -2.42. The van der Waals surface area contributed by atoms with Crippen molar-refractivity contribution in [2.45, 2.75) is 52.2 Å². The Labute approximate surface area is 171 Å². The minimum Gasteiger partial charge on any atom is -0.444 e. The van der Waals surface area contributed by atoms with Crippen molar-refractivity contribution in [1.82, 2.24) is 24.8 Å². The Balaban J connectivity index is 1.39. The fourth-order valence-corrected chi connectivity index (χ4v) is 3.25. The third-order valence-electron chi connectivity index (χ3n) is 4.81. The van der Waals surface area contributed by atoms with Gasteiger partial charge in [-0.2, -0.15) is 0 Å². The Morgan fingerprint density at radius 1 is 1.24 bits per heavy atom. The first-order valence-electron chi connectivity index (χ1n) is 9.98. The average molecular weight is 399 g/mol. The first kappa shape index (κ1) is 20.8. The first-order valence-corrected chi connectivity index (χ1v) is 9.98.